The minimum atomic E-state index is 0. The van der Waals surface area contributed by atoms with Gasteiger partial charge in [-0.25, -0.2) is 9.97 Å². The number of anilines is 1. The molecule has 3 heterocycles. The van der Waals surface area contributed by atoms with E-state index in [-0.39, 0.29) is 24.8 Å². The van der Waals surface area contributed by atoms with Gasteiger partial charge in [-0.2, -0.15) is 4.98 Å². The molecule has 2 aliphatic rings. The maximum Gasteiger partial charge on any atom is 0.229 e. The van der Waals surface area contributed by atoms with Gasteiger partial charge in [0.1, 0.15) is 11.6 Å². The number of piperidine rings is 1. The number of para-hydroxylation sites is 1. The molecule has 2 aromatic heterocycles. The van der Waals surface area contributed by atoms with Crippen molar-refractivity contribution in [2.75, 3.05) is 24.5 Å². The molecule has 1 saturated heterocycles. The van der Waals surface area contributed by atoms with Crippen molar-refractivity contribution in [2.24, 2.45) is 11.7 Å². The lowest BCUT2D eigenvalue weighted by atomic mass is 9.93. The number of hydrogen-bond donors (Lipinski definition) is 1. The summed E-state index contributed by atoms with van der Waals surface area (Å²) in [4.78, 5) is 16.5. The molecule has 0 amide bonds. The summed E-state index contributed by atoms with van der Waals surface area (Å²) in [6.45, 7) is 2.54. The van der Waals surface area contributed by atoms with Gasteiger partial charge in [0.05, 0.1) is 5.52 Å². The number of hydrogen-bond acceptors (Lipinski definition) is 7. The zero-order chi connectivity index (χ0) is 18.9. The van der Waals surface area contributed by atoms with Crippen LogP contribution < -0.4 is 10.6 Å². The quantitative estimate of drug-likeness (QED) is 0.611. The fourth-order valence-corrected chi connectivity index (χ4v) is 4.04. The van der Waals surface area contributed by atoms with E-state index >= 15 is 0 Å². The summed E-state index contributed by atoms with van der Waals surface area (Å²) >= 11 is 0. The second-order valence-electron chi connectivity index (χ2n) is 7.98. The molecule has 3 aromatic rings. The number of nitrogens with zero attached hydrogens (tertiary/aromatic N) is 5. The molecule has 1 saturated carbocycles. The summed E-state index contributed by atoms with van der Waals surface area (Å²) in [5.41, 5.74) is 6.73. The molecule has 1 aliphatic carbocycles. The molecule has 162 valence electrons. The minimum absolute atomic E-state index is 0. The number of halogens is 2. The Morgan fingerprint density at radius 3 is 2.47 bits per heavy atom. The van der Waals surface area contributed by atoms with Gasteiger partial charge in [0.15, 0.2) is 5.82 Å². The largest absolute Gasteiger partial charge is 0.356 e. The summed E-state index contributed by atoms with van der Waals surface area (Å²) in [5.74, 6) is 4.71. The number of rotatable bonds is 6. The highest BCUT2D eigenvalue weighted by molar-refractivity contribution is 5.89. The second-order valence-corrected chi connectivity index (χ2v) is 7.98. The molecule has 9 heteroatoms. The molecule has 0 unspecified atom stereocenters. The van der Waals surface area contributed by atoms with Crippen LogP contribution in [0.5, 0.6) is 0 Å². The number of benzene rings is 1. The van der Waals surface area contributed by atoms with Crippen molar-refractivity contribution >= 4 is 41.5 Å². The first-order valence-corrected chi connectivity index (χ1v) is 10.3. The van der Waals surface area contributed by atoms with Crippen LogP contribution in [-0.4, -0.2) is 39.7 Å². The highest BCUT2D eigenvalue weighted by atomic mass is 35.5. The van der Waals surface area contributed by atoms with Gasteiger partial charge in [-0.3, -0.25) is 0 Å². The van der Waals surface area contributed by atoms with Gasteiger partial charge < -0.3 is 15.2 Å². The van der Waals surface area contributed by atoms with Crippen molar-refractivity contribution < 1.29 is 4.52 Å². The van der Waals surface area contributed by atoms with Crippen molar-refractivity contribution in [1.29, 1.82) is 0 Å². The Balaban J connectivity index is 0.00000128. The van der Waals surface area contributed by atoms with Crippen LogP contribution in [0.15, 0.2) is 28.8 Å². The smallest absolute Gasteiger partial charge is 0.229 e. The van der Waals surface area contributed by atoms with Crippen LogP contribution in [0, 0.1) is 5.92 Å². The number of nitrogens with two attached hydrogens (primary N) is 1. The zero-order valence-electron chi connectivity index (χ0n) is 16.9. The SMILES string of the molecule is Cl.Cl.NCCc1nc(N2CCC(Cc3noc(C4CC4)n3)CC2)c2ccccc2n1. The van der Waals surface area contributed by atoms with Gasteiger partial charge in [0.25, 0.3) is 0 Å². The predicted octanol–water partition coefficient (Wildman–Crippen LogP) is 3.69. The predicted molar refractivity (Wildman–Crippen MR) is 122 cm³/mol. The molecule has 30 heavy (non-hydrogen) atoms. The molecule has 0 atom stereocenters. The molecule has 7 nitrogen and oxygen atoms in total. The Bertz CT molecular complexity index is 969. The fraction of sp³-hybridized carbons (Fsp3) is 0.524. The first-order valence-electron chi connectivity index (χ1n) is 10.3. The highest BCUT2D eigenvalue weighted by Gasteiger charge is 2.30. The molecule has 2 fully saturated rings. The van der Waals surface area contributed by atoms with E-state index < -0.39 is 0 Å². The monoisotopic (exact) mass is 450 g/mol. The molecular formula is C21H28Cl2N6O. The van der Waals surface area contributed by atoms with Crippen LogP contribution in [0.2, 0.25) is 0 Å². The lowest BCUT2D eigenvalue weighted by Gasteiger charge is -2.33. The standard InChI is InChI=1S/C21H26N6O.2ClH/c22-10-7-18-23-17-4-2-1-3-16(17)20(24-18)27-11-8-14(9-12-27)13-19-25-21(28-26-19)15-5-6-15;;/h1-4,14-15H,5-13,22H2;2*1H. The molecular weight excluding hydrogens is 423 g/mol. The minimum Gasteiger partial charge on any atom is -0.356 e. The third kappa shape index (κ3) is 4.85. The summed E-state index contributed by atoms with van der Waals surface area (Å²) < 4.78 is 5.41. The number of aromatic nitrogens is 4. The molecule has 2 N–H and O–H groups in total. The Hall–Kier alpha value is -1.96. The van der Waals surface area contributed by atoms with Crippen LogP contribution >= 0.6 is 24.8 Å². The van der Waals surface area contributed by atoms with Gasteiger partial charge in [-0.1, -0.05) is 17.3 Å². The van der Waals surface area contributed by atoms with E-state index in [1.54, 1.807) is 0 Å². The third-order valence-electron chi connectivity index (χ3n) is 5.79. The van der Waals surface area contributed by atoms with E-state index in [1.165, 1.54) is 12.8 Å². The van der Waals surface area contributed by atoms with Gasteiger partial charge in [0.2, 0.25) is 5.89 Å². The van der Waals surface area contributed by atoms with Crippen LogP contribution in [0.3, 0.4) is 0 Å². The molecule has 0 radical (unpaired) electrons. The van der Waals surface area contributed by atoms with E-state index in [0.717, 1.165) is 66.6 Å². The lowest BCUT2D eigenvalue weighted by molar-refractivity contribution is 0.358. The molecule has 5 rings (SSSR count). The maximum atomic E-state index is 5.74. The first kappa shape index (κ1) is 22.7. The van der Waals surface area contributed by atoms with Gasteiger partial charge >= 0.3 is 0 Å². The van der Waals surface area contributed by atoms with Crippen molar-refractivity contribution in [3.05, 3.63) is 41.8 Å². The van der Waals surface area contributed by atoms with Crippen molar-refractivity contribution in [1.82, 2.24) is 20.1 Å². The summed E-state index contributed by atoms with van der Waals surface area (Å²) in [5, 5.41) is 5.31. The Labute approximate surface area is 188 Å². The first-order chi connectivity index (χ1) is 13.8. The second kappa shape index (κ2) is 9.90. The molecule has 0 spiro atoms. The molecule has 0 bridgehead atoms. The van der Waals surface area contributed by atoms with E-state index in [1.807, 2.05) is 6.07 Å². The van der Waals surface area contributed by atoms with Crippen LogP contribution in [-0.2, 0) is 12.8 Å². The molecule has 1 aliphatic heterocycles. The van der Waals surface area contributed by atoms with Crippen LogP contribution in [0.25, 0.3) is 10.9 Å². The Morgan fingerprint density at radius 2 is 1.73 bits per heavy atom. The number of fused-ring (bicyclic) bond motifs is 1. The van der Waals surface area contributed by atoms with E-state index in [2.05, 4.69) is 38.2 Å². The van der Waals surface area contributed by atoms with Gasteiger partial charge in [0, 0.05) is 37.2 Å². The summed E-state index contributed by atoms with van der Waals surface area (Å²) in [6, 6.07) is 8.25. The van der Waals surface area contributed by atoms with E-state index in [0.29, 0.717) is 24.8 Å². The maximum absolute atomic E-state index is 5.74. The van der Waals surface area contributed by atoms with Crippen LogP contribution in [0.1, 0.15) is 49.1 Å². The van der Waals surface area contributed by atoms with Crippen molar-refractivity contribution in [3.8, 4) is 0 Å². The third-order valence-corrected chi connectivity index (χ3v) is 5.79. The zero-order valence-corrected chi connectivity index (χ0v) is 18.5. The highest BCUT2D eigenvalue weighted by Crippen LogP contribution is 2.39. The fourth-order valence-electron chi connectivity index (χ4n) is 4.04. The summed E-state index contributed by atoms with van der Waals surface area (Å²) in [6.07, 6.45) is 6.22. The molecule has 1 aromatic carbocycles. The normalized spacial score (nSPS) is 16.9. The Morgan fingerprint density at radius 1 is 0.967 bits per heavy atom. The average molecular weight is 451 g/mol. The van der Waals surface area contributed by atoms with E-state index in [4.69, 9.17) is 15.2 Å². The Kier molecular flexibility index (Phi) is 7.50. The van der Waals surface area contributed by atoms with E-state index in [9.17, 15) is 0 Å². The summed E-state index contributed by atoms with van der Waals surface area (Å²) in [7, 11) is 0. The van der Waals surface area contributed by atoms with Crippen LogP contribution in [0.4, 0.5) is 5.82 Å². The van der Waals surface area contributed by atoms with Crippen molar-refractivity contribution in [2.45, 2.75) is 44.4 Å². The topological polar surface area (TPSA) is 94.0 Å². The van der Waals surface area contributed by atoms with Gasteiger partial charge in [-0.15, -0.1) is 24.8 Å². The average Bonchev–Trinajstić information content (AvgIpc) is 3.48. The lowest BCUT2D eigenvalue weighted by Crippen LogP contribution is -2.35. The van der Waals surface area contributed by atoms with Crippen molar-refractivity contribution in [3.63, 3.8) is 0 Å². The van der Waals surface area contributed by atoms with Gasteiger partial charge in [-0.05, 0) is 50.3 Å².